The first kappa shape index (κ1) is 54.3. The largest absolute Gasteiger partial charge is 0.444 e. The molecule has 0 radical (unpaired) electrons. The summed E-state index contributed by atoms with van der Waals surface area (Å²) in [5.41, 5.74) is 0.796. The minimum atomic E-state index is -2.90. The Morgan fingerprint density at radius 2 is 0.937 bits per heavy atom. The van der Waals surface area contributed by atoms with Gasteiger partial charge < -0.3 is 59.1 Å². The van der Waals surface area contributed by atoms with E-state index in [0.717, 1.165) is 11.1 Å². The zero-order valence-corrected chi connectivity index (χ0v) is 37.7. The molecule has 0 heterocycles. The molecular formula is C45H61N4O12PS. The highest BCUT2D eigenvalue weighted by atomic mass is 32.5. The van der Waals surface area contributed by atoms with Crippen LogP contribution in [0.5, 0.6) is 5.75 Å². The normalized spacial score (nSPS) is 11.9. The Morgan fingerprint density at radius 3 is 1.29 bits per heavy atom. The molecule has 0 saturated heterocycles. The molecule has 2 aromatic carbocycles. The molecule has 4 amide bonds. The zero-order chi connectivity index (χ0) is 46.0. The molecule has 0 aliphatic heterocycles. The van der Waals surface area contributed by atoms with Gasteiger partial charge in [0, 0.05) is 56.7 Å². The lowest BCUT2D eigenvalue weighted by Gasteiger charge is -2.35. The zero-order valence-electron chi connectivity index (χ0n) is 36.0. The molecule has 1 unspecified atom stereocenters. The SMILES string of the molecule is C#CCOCCOCCNC(=O)CCC(CCC(=O)NCCOCCOCC#C)(CCC(=O)NCCOCCOCC#C)NC(=O)c1ccc(-c2ccc(OP(C)(O)=S)cc2)cc1. The average molecular weight is 913 g/mol. The monoisotopic (exact) mass is 912 g/mol. The minimum absolute atomic E-state index is 0.0263. The summed E-state index contributed by atoms with van der Waals surface area (Å²) in [4.78, 5) is 63.4. The van der Waals surface area contributed by atoms with Gasteiger partial charge in [-0.2, -0.15) is 0 Å². The molecule has 0 aliphatic carbocycles. The maximum absolute atomic E-state index is 14.1. The molecule has 0 saturated carbocycles. The Kier molecular flexibility index (Phi) is 28.3. The number of carbonyl (C=O) groups is 4. The Bertz CT molecular complexity index is 1730. The van der Waals surface area contributed by atoms with Crippen molar-refractivity contribution in [1.29, 1.82) is 0 Å². The van der Waals surface area contributed by atoms with Gasteiger partial charge in [0.1, 0.15) is 25.6 Å². The van der Waals surface area contributed by atoms with E-state index in [0.29, 0.717) is 51.0 Å². The van der Waals surface area contributed by atoms with Crippen LogP contribution in [0.4, 0.5) is 0 Å². The van der Waals surface area contributed by atoms with Crippen LogP contribution in [0.1, 0.15) is 48.9 Å². The summed E-state index contributed by atoms with van der Waals surface area (Å²) in [6, 6.07) is 13.9. The number of terminal acetylenes is 3. The fourth-order valence-electron chi connectivity index (χ4n) is 5.76. The van der Waals surface area contributed by atoms with E-state index in [-0.39, 0.29) is 116 Å². The molecule has 16 nitrogen and oxygen atoms in total. The second-order valence-electron chi connectivity index (χ2n) is 13.9. The van der Waals surface area contributed by atoms with E-state index < -0.39 is 17.9 Å². The van der Waals surface area contributed by atoms with Crippen LogP contribution in [-0.2, 0) is 54.6 Å². The van der Waals surface area contributed by atoms with Crippen LogP contribution in [0.25, 0.3) is 11.1 Å². The van der Waals surface area contributed by atoms with Crippen LogP contribution in [-0.4, -0.2) is 140 Å². The van der Waals surface area contributed by atoms with Crippen molar-refractivity contribution in [3.63, 3.8) is 0 Å². The summed E-state index contributed by atoms with van der Waals surface area (Å²) in [7, 11) is 0. The lowest BCUT2D eigenvalue weighted by Crippen LogP contribution is -2.50. The Hall–Kier alpha value is -4.83. The lowest BCUT2D eigenvalue weighted by atomic mass is 9.82. The highest BCUT2D eigenvalue weighted by Gasteiger charge is 2.34. The lowest BCUT2D eigenvalue weighted by molar-refractivity contribution is -0.121. The van der Waals surface area contributed by atoms with Gasteiger partial charge in [-0.25, -0.2) is 0 Å². The second-order valence-corrected chi connectivity index (χ2v) is 17.7. The summed E-state index contributed by atoms with van der Waals surface area (Å²) in [6.45, 7) is 2.38. The van der Waals surface area contributed by atoms with Gasteiger partial charge in [-0.15, -0.1) is 19.3 Å². The van der Waals surface area contributed by atoms with Crippen molar-refractivity contribution in [2.45, 2.75) is 44.1 Å². The highest BCUT2D eigenvalue weighted by Crippen LogP contribution is 2.39. The van der Waals surface area contributed by atoms with Crippen LogP contribution in [0.15, 0.2) is 48.5 Å². The highest BCUT2D eigenvalue weighted by molar-refractivity contribution is 8.09. The maximum Gasteiger partial charge on any atom is 0.251 e. The molecule has 2 aromatic rings. The molecule has 2 rings (SSSR count). The third-order valence-electron chi connectivity index (χ3n) is 8.86. The van der Waals surface area contributed by atoms with Gasteiger partial charge in [0.15, 0.2) is 0 Å². The maximum atomic E-state index is 14.1. The molecule has 1 atom stereocenters. The van der Waals surface area contributed by atoms with Crippen molar-refractivity contribution in [2.24, 2.45) is 0 Å². The molecule has 63 heavy (non-hydrogen) atoms. The molecule has 5 N–H and O–H groups in total. The first-order valence-electron chi connectivity index (χ1n) is 20.5. The average Bonchev–Trinajstić information content (AvgIpc) is 3.26. The predicted octanol–water partition coefficient (Wildman–Crippen LogP) is 2.82. The number of carbonyl (C=O) groups excluding carboxylic acids is 4. The van der Waals surface area contributed by atoms with Crippen molar-refractivity contribution in [1.82, 2.24) is 21.3 Å². The number of rotatable bonds is 35. The molecule has 0 spiro atoms. The molecule has 344 valence electrons. The van der Waals surface area contributed by atoms with Crippen molar-refractivity contribution in [3.05, 3.63) is 54.1 Å². The Labute approximate surface area is 376 Å². The minimum Gasteiger partial charge on any atom is -0.444 e. The predicted molar refractivity (Wildman–Crippen MR) is 243 cm³/mol. The number of amides is 4. The summed E-state index contributed by atoms with van der Waals surface area (Å²) in [6.07, 6.45) is 15.8. The van der Waals surface area contributed by atoms with Crippen molar-refractivity contribution >= 4 is 41.9 Å². The van der Waals surface area contributed by atoms with Crippen LogP contribution in [0, 0.1) is 37.0 Å². The van der Waals surface area contributed by atoms with Crippen LogP contribution in [0.3, 0.4) is 0 Å². The summed E-state index contributed by atoms with van der Waals surface area (Å²) in [5.74, 6) is 6.20. The van der Waals surface area contributed by atoms with Crippen LogP contribution < -0.4 is 25.8 Å². The van der Waals surface area contributed by atoms with E-state index >= 15 is 0 Å². The van der Waals surface area contributed by atoms with Gasteiger partial charge >= 0.3 is 0 Å². The number of hydrogen-bond acceptors (Lipinski definition) is 12. The van der Waals surface area contributed by atoms with Gasteiger partial charge in [-0.05, 0) is 66.5 Å². The van der Waals surface area contributed by atoms with E-state index in [1.807, 2.05) is 12.1 Å². The van der Waals surface area contributed by atoms with Gasteiger partial charge in [0.2, 0.25) is 24.2 Å². The topological polar surface area (TPSA) is 201 Å². The summed E-state index contributed by atoms with van der Waals surface area (Å²) >= 11 is 4.98. The number of ether oxygens (including phenoxy) is 6. The van der Waals surface area contributed by atoms with E-state index in [9.17, 15) is 24.1 Å². The van der Waals surface area contributed by atoms with Gasteiger partial charge in [0.05, 0.1) is 59.5 Å². The van der Waals surface area contributed by atoms with E-state index in [1.54, 1.807) is 36.4 Å². The molecular weight excluding hydrogens is 852 g/mol. The standard InChI is InChI=1S/C45H61N4O12PS/c1-5-25-55-31-34-58-28-22-46-41(50)16-19-45(20-17-42(51)47-23-29-59-35-32-56-26-6-2,21-18-43(52)48-24-30-60-36-33-57-27-7-3)49-44(53)39-10-8-37(9-11-39)38-12-14-40(15-13-38)61-62(4,54)63/h1-3,8-15H,16-36H2,4H3,(H,46,50)(H,47,51)(H,48,52)(H,49,53)(H,54,63). The summed E-state index contributed by atoms with van der Waals surface area (Å²) < 4.78 is 37.5. The Morgan fingerprint density at radius 1 is 0.587 bits per heavy atom. The fraction of sp³-hybridized carbons (Fsp3) is 0.511. The molecule has 18 heteroatoms. The van der Waals surface area contributed by atoms with Gasteiger partial charge in [-0.1, -0.05) is 42.0 Å². The fourth-order valence-corrected chi connectivity index (χ4v) is 6.53. The summed E-state index contributed by atoms with van der Waals surface area (Å²) in [5, 5.41) is 11.6. The first-order chi connectivity index (χ1) is 30.4. The van der Waals surface area contributed by atoms with E-state index in [4.69, 9.17) is 64.0 Å². The molecule has 0 fully saturated rings. The number of benzene rings is 2. The first-order valence-corrected chi connectivity index (χ1v) is 23.6. The van der Waals surface area contributed by atoms with E-state index in [1.165, 1.54) is 6.66 Å². The molecule has 0 bridgehead atoms. The third kappa shape index (κ3) is 26.4. The van der Waals surface area contributed by atoms with E-state index in [2.05, 4.69) is 39.0 Å². The van der Waals surface area contributed by atoms with Gasteiger partial charge in [-0.3, -0.25) is 19.2 Å². The van der Waals surface area contributed by atoms with Gasteiger partial charge in [0.25, 0.3) is 5.91 Å². The van der Waals surface area contributed by atoms with Crippen LogP contribution >= 0.6 is 6.49 Å². The molecule has 0 aliphatic rings. The molecule has 0 aromatic heterocycles. The number of hydrogen-bond donors (Lipinski definition) is 5. The Balaban J connectivity index is 2.23. The number of nitrogens with one attached hydrogen (secondary N) is 4. The second kappa shape index (κ2) is 32.8. The van der Waals surface area contributed by atoms with Crippen molar-refractivity contribution in [2.75, 3.05) is 106 Å². The van der Waals surface area contributed by atoms with Crippen molar-refractivity contribution in [3.8, 4) is 53.9 Å². The van der Waals surface area contributed by atoms with Crippen molar-refractivity contribution < 1.29 is 57.0 Å². The smallest absolute Gasteiger partial charge is 0.251 e. The third-order valence-corrected chi connectivity index (χ3v) is 9.63. The quantitative estimate of drug-likeness (QED) is 0.0385. The van der Waals surface area contributed by atoms with Crippen LogP contribution in [0.2, 0.25) is 0 Å².